The quantitative estimate of drug-likeness (QED) is 0.358. The van der Waals surface area contributed by atoms with Crippen LogP contribution in [0.15, 0.2) is 0 Å². The van der Waals surface area contributed by atoms with Gasteiger partial charge in [-0.25, -0.2) is 0 Å². The molecule has 0 aliphatic carbocycles. The number of hydrogen-bond donors (Lipinski definition) is 4. The third kappa shape index (κ3) is 1.11. The van der Waals surface area contributed by atoms with Crippen molar-refractivity contribution in [2.24, 2.45) is 0 Å². The summed E-state index contributed by atoms with van der Waals surface area (Å²) < 4.78 is 10.1. The van der Waals surface area contributed by atoms with Gasteiger partial charge >= 0.3 is 0 Å². The van der Waals surface area contributed by atoms with Crippen molar-refractivity contribution >= 4 is 0 Å². The number of rotatable bonds is 1. The summed E-state index contributed by atoms with van der Waals surface area (Å²) in [7, 11) is 0. The van der Waals surface area contributed by atoms with Gasteiger partial charge in [0.25, 0.3) is 0 Å². The van der Waals surface area contributed by atoms with Crippen LogP contribution in [0.4, 0.5) is 0 Å². The summed E-state index contributed by atoms with van der Waals surface area (Å²) >= 11 is 0. The molecule has 76 valence electrons. The Morgan fingerprint density at radius 3 is 2.54 bits per heavy atom. The largest absolute Gasteiger partial charge is 0.393 e. The molecule has 2 aliphatic rings. The van der Waals surface area contributed by atoms with Crippen molar-refractivity contribution in [1.29, 1.82) is 0 Å². The molecule has 5 atom stereocenters. The van der Waals surface area contributed by atoms with Gasteiger partial charge in [-0.05, 0) is 0 Å². The Kier molecular flexibility index (Phi) is 2.06. The molecule has 2 bridgehead atoms. The second-order valence-electron chi connectivity index (χ2n) is 3.45. The van der Waals surface area contributed by atoms with Crippen molar-refractivity contribution in [1.82, 2.24) is 0 Å². The van der Waals surface area contributed by atoms with E-state index in [4.69, 9.17) is 14.6 Å². The third-order valence-corrected chi connectivity index (χ3v) is 2.60. The molecular weight excluding hydrogens is 180 g/mol. The van der Waals surface area contributed by atoms with Gasteiger partial charge in [-0.15, -0.1) is 0 Å². The Bertz CT molecular complexity index is 209. The van der Waals surface area contributed by atoms with E-state index in [1.54, 1.807) is 0 Å². The second-order valence-corrected chi connectivity index (χ2v) is 3.45. The highest BCUT2D eigenvalue weighted by Crippen LogP contribution is 2.36. The predicted molar refractivity (Wildman–Crippen MR) is 38.7 cm³/mol. The molecule has 6 nitrogen and oxygen atoms in total. The van der Waals surface area contributed by atoms with Gasteiger partial charge in [-0.3, -0.25) is 0 Å². The zero-order valence-electron chi connectivity index (χ0n) is 6.83. The predicted octanol–water partition coefficient (Wildman–Crippen LogP) is -2.81. The third-order valence-electron chi connectivity index (χ3n) is 2.60. The molecular formula is C7H12O6. The summed E-state index contributed by atoms with van der Waals surface area (Å²) in [5, 5.41) is 37.2. The fraction of sp³-hybridized carbons (Fsp3) is 1.00. The molecule has 2 saturated heterocycles. The number of fused-ring (bicyclic) bond motifs is 2. The van der Waals surface area contributed by atoms with Crippen molar-refractivity contribution in [3.05, 3.63) is 0 Å². The van der Waals surface area contributed by atoms with Crippen molar-refractivity contribution in [2.75, 3.05) is 13.2 Å². The topological polar surface area (TPSA) is 99.4 Å². The summed E-state index contributed by atoms with van der Waals surface area (Å²) in [6.07, 6.45) is -4.89. The van der Waals surface area contributed by atoms with E-state index < -0.39 is 36.8 Å². The van der Waals surface area contributed by atoms with Crippen LogP contribution in [0.25, 0.3) is 0 Å². The Morgan fingerprint density at radius 1 is 1.23 bits per heavy atom. The molecule has 0 amide bonds. The molecule has 2 fully saturated rings. The van der Waals surface area contributed by atoms with Crippen LogP contribution in [0.3, 0.4) is 0 Å². The van der Waals surface area contributed by atoms with Crippen molar-refractivity contribution in [2.45, 2.75) is 30.2 Å². The average Bonchev–Trinajstić information content (AvgIpc) is 2.55. The van der Waals surface area contributed by atoms with Crippen LogP contribution in [-0.4, -0.2) is 63.8 Å². The summed E-state index contributed by atoms with van der Waals surface area (Å²) in [6, 6.07) is 0. The summed E-state index contributed by atoms with van der Waals surface area (Å²) in [5.74, 6) is 0. The molecule has 2 aliphatic heterocycles. The van der Waals surface area contributed by atoms with Gasteiger partial charge in [0.2, 0.25) is 0 Å². The average molecular weight is 192 g/mol. The van der Waals surface area contributed by atoms with E-state index in [1.807, 2.05) is 0 Å². The van der Waals surface area contributed by atoms with Crippen LogP contribution in [0.2, 0.25) is 0 Å². The van der Waals surface area contributed by atoms with Crippen molar-refractivity contribution in [3.8, 4) is 0 Å². The minimum Gasteiger partial charge on any atom is -0.393 e. The first-order valence-corrected chi connectivity index (χ1v) is 4.05. The number of aliphatic hydroxyl groups is 4. The summed E-state index contributed by atoms with van der Waals surface area (Å²) in [5.41, 5.74) is -1.27. The molecule has 13 heavy (non-hydrogen) atoms. The number of aliphatic hydroxyl groups excluding tert-OH is 4. The minimum absolute atomic E-state index is 0.0244. The number of hydrogen-bond acceptors (Lipinski definition) is 6. The van der Waals surface area contributed by atoms with Crippen LogP contribution in [-0.2, 0) is 9.47 Å². The maximum atomic E-state index is 9.51. The van der Waals surface area contributed by atoms with Crippen molar-refractivity contribution in [3.63, 3.8) is 0 Å². The van der Waals surface area contributed by atoms with Gasteiger partial charge in [0, 0.05) is 0 Å². The van der Waals surface area contributed by atoms with Gasteiger partial charge in [-0.1, -0.05) is 0 Å². The van der Waals surface area contributed by atoms with E-state index >= 15 is 0 Å². The molecule has 2 rings (SSSR count). The lowest BCUT2D eigenvalue weighted by molar-refractivity contribution is -0.265. The molecule has 6 heteroatoms. The lowest BCUT2D eigenvalue weighted by Gasteiger charge is -2.39. The van der Waals surface area contributed by atoms with E-state index in [0.29, 0.717) is 0 Å². The van der Waals surface area contributed by atoms with E-state index in [1.165, 1.54) is 0 Å². The van der Waals surface area contributed by atoms with Crippen LogP contribution in [0, 0.1) is 0 Å². The Morgan fingerprint density at radius 2 is 1.92 bits per heavy atom. The maximum Gasteiger partial charge on any atom is 0.187 e. The van der Waals surface area contributed by atoms with Crippen LogP contribution in [0.5, 0.6) is 0 Å². The first-order chi connectivity index (χ1) is 6.10. The standard InChI is InChI=1S/C7H12O6/c8-1-7-2-12-6(13-7)4(10)3(9)5(7)11/h3-6,8-11H,1-2H2/t3-,4-,5+,6+,7+/m1/s1. The SMILES string of the molecule is OC[C@@]12CO[C@@H](O1)[C@H](O)[C@@H](O)[C@@H]2O. The normalized spacial score (nSPS) is 55.4. The lowest BCUT2D eigenvalue weighted by atomic mass is 9.90. The van der Waals surface area contributed by atoms with E-state index in [2.05, 4.69) is 0 Å². The fourth-order valence-corrected chi connectivity index (χ4v) is 1.68. The molecule has 0 aromatic carbocycles. The molecule has 0 radical (unpaired) electrons. The molecule has 0 aromatic heterocycles. The minimum atomic E-state index is -1.34. The van der Waals surface area contributed by atoms with E-state index in [-0.39, 0.29) is 6.61 Å². The van der Waals surface area contributed by atoms with Crippen molar-refractivity contribution < 1.29 is 29.9 Å². The van der Waals surface area contributed by atoms with Crippen LogP contribution in [0.1, 0.15) is 0 Å². The van der Waals surface area contributed by atoms with E-state index in [0.717, 1.165) is 0 Å². The highest BCUT2D eigenvalue weighted by atomic mass is 16.8. The van der Waals surface area contributed by atoms with Crippen LogP contribution < -0.4 is 0 Å². The monoisotopic (exact) mass is 192 g/mol. The Balaban J connectivity index is 2.25. The zero-order valence-corrected chi connectivity index (χ0v) is 6.83. The van der Waals surface area contributed by atoms with Gasteiger partial charge in [-0.2, -0.15) is 0 Å². The van der Waals surface area contributed by atoms with Gasteiger partial charge in [0.15, 0.2) is 6.29 Å². The Hall–Kier alpha value is -0.240. The highest BCUT2D eigenvalue weighted by Gasteiger charge is 2.58. The molecule has 2 heterocycles. The zero-order chi connectivity index (χ0) is 9.64. The lowest BCUT2D eigenvalue weighted by Crippen LogP contribution is -2.62. The molecule has 0 saturated carbocycles. The molecule has 0 unspecified atom stereocenters. The van der Waals surface area contributed by atoms with Gasteiger partial charge in [0.1, 0.15) is 23.9 Å². The van der Waals surface area contributed by atoms with E-state index in [9.17, 15) is 15.3 Å². The second kappa shape index (κ2) is 2.88. The summed E-state index contributed by atoms with van der Waals surface area (Å²) in [4.78, 5) is 0. The molecule has 0 aromatic rings. The maximum absolute atomic E-state index is 9.51. The molecule has 4 N–H and O–H groups in total. The smallest absolute Gasteiger partial charge is 0.187 e. The Labute approximate surface area is 74.3 Å². The summed E-state index contributed by atoms with van der Waals surface area (Å²) in [6.45, 7) is -0.474. The molecule has 0 spiro atoms. The van der Waals surface area contributed by atoms with Gasteiger partial charge < -0.3 is 29.9 Å². The van der Waals surface area contributed by atoms with Gasteiger partial charge in [0.05, 0.1) is 13.2 Å². The van der Waals surface area contributed by atoms with Crippen LogP contribution >= 0.6 is 0 Å². The fourth-order valence-electron chi connectivity index (χ4n) is 1.68. The first-order valence-electron chi connectivity index (χ1n) is 4.05. The highest BCUT2D eigenvalue weighted by molar-refractivity contribution is 5.03. The first kappa shape index (κ1) is 9.32. The number of ether oxygens (including phenoxy) is 2.